The zero-order valence-electron chi connectivity index (χ0n) is 3.32. The summed E-state index contributed by atoms with van der Waals surface area (Å²) in [5.41, 5.74) is 0. The van der Waals surface area contributed by atoms with Crippen LogP contribution in [0.5, 0.6) is 0 Å². The fourth-order valence-electron chi connectivity index (χ4n) is 0. The molecule has 0 heterocycles. The van der Waals surface area contributed by atoms with Crippen LogP contribution in [-0.2, 0) is 23.3 Å². The summed E-state index contributed by atoms with van der Waals surface area (Å²) in [4.78, 5) is 0. The van der Waals surface area contributed by atoms with Crippen LogP contribution in [0.25, 0.3) is 0 Å². The summed E-state index contributed by atoms with van der Waals surface area (Å²) in [5, 5.41) is 0. The molecular formula is H2Na2OS2. The molecule has 0 aromatic carbocycles. The molecule has 0 unspecified atom stereocenters. The van der Waals surface area contributed by atoms with Gasteiger partial charge in [-0.05, 0) is 0 Å². The molecule has 22 valence electrons. The maximum atomic E-state index is 3.67. The van der Waals surface area contributed by atoms with E-state index in [9.17, 15) is 0 Å². The second kappa shape index (κ2) is 30.2. The van der Waals surface area contributed by atoms with Gasteiger partial charge in [0, 0.05) is 0 Å². The Kier molecular flexibility index (Phi) is 153. The van der Waals surface area contributed by atoms with Crippen molar-refractivity contribution in [2.24, 2.45) is 0 Å². The topological polar surface area (TPSA) is 31.5 Å². The minimum atomic E-state index is 0. The molecule has 0 aliphatic rings. The SMILES string of the molecule is O.[Na+].[Na+].[S-][S-]. The monoisotopic (exact) mass is 128 g/mol. The van der Waals surface area contributed by atoms with Gasteiger partial charge >= 0.3 is 59.1 Å². The van der Waals surface area contributed by atoms with E-state index in [1.807, 2.05) is 0 Å². The van der Waals surface area contributed by atoms with E-state index in [1.165, 1.54) is 0 Å². The normalized spacial score (nSPS) is 1.20. The quantitative estimate of drug-likeness (QED) is 0.184. The van der Waals surface area contributed by atoms with Gasteiger partial charge in [-0.3, -0.25) is 0 Å². The van der Waals surface area contributed by atoms with Crippen molar-refractivity contribution in [3.05, 3.63) is 0 Å². The summed E-state index contributed by atoms with van der Waals surface area (Å²) in [5.74, 6) is 0. The summed E-state index contributed by atoms with van der Waals surface area (Å²) >= 11 is 7.33. The third-order valence-corrected chi connectivity index (χ3v) is 0. The summed E-state index contributed by atoms with van der Waals surface area (Å²) in [6.07, 6.45) is 0. The van der Waals surface area contributed by atoms with Crippen LogP contribution in [0.1, 0.15) is 0 Å². The van der Waals surface area contributed by atoms with Crippen LogP contribution in [-0.4, -0.2) is 5.48 Å². The molecule has 0 radical (unpaired) electrons. The van der Waals surface area contributed by atoms with Gasteiger partial charge in [-0.1, -0.05) is 0 Å². The fourth-order valence-corrected chi connectivity index (χ4v) is 0. The zero-order chi connectivity index (χ0) is 2.00. The van der Waals surface area contributed by atoms with Gasteiger partial charge < -0.3 is 28.8 Å². The first-order valence-corrected chi connectivity index (χ1v) is 1.50. The standard InChI is InChI=1S/2Na.H2O.S2/c;;;1-2/h;;1H2;/q2*+1;;-2. The van der Waals surface area contributed by atoms with Gasteiger partial charge in [0.15, 0.2) is 0 Å². The second-order valence-electron chi connectivity index (χ2n) is 0. The third-order valence-electron chi connectivity index (χ3n) is 0. The first-order valence-electron chi connectivity index (χ1n) is 0.167. The number of hydrogen-bond acceptors (Lipinski definition) is 2. The first kappa shape index (κ1) is 25.4. The number of hydrogen-bond donors (Lipinski definition) is 0. The fraction of sp³-hybridized carbons (Fsp3) is 0. The Morgan fingerprint density at radius 1 is 0.800 bits per heavy atom. The average molecular weight is 128 g/mol. The molecule has 5 heavy (non-hydrogen) atoms. The van der Waals surface area contributed by atoms with Crippen molar-refractivity contribution < 1.29 is 64.6 Å². The van der Waals surface area contributed by atoms with Gasteiger partial charge in [-0.15, -0.1) is 0 Å². The largest absolute Gasteiger partial charge is 1.00 e. The smallest absolute Gasteiger partial charge is 1.00 e. The van der Waals surface area contributed by atoms with Crippen LogP contribution in [0.15, 0.2) is 0 Å². The van der Waals surface area contributed by atoms with E-state index in [0.717, 1.165) is 0 Å². The van der Waals surface area contributed by atoms with Gasteiger partial charge in [0.05, 0.1) is 0 Å². The predicted octanol–water partition coefficient (Wildman–Crippen LogP) is -6.82. The maximum Gasteiger partial charge on any atom is 1.00 e. The van der Waals surface area contributed by atoms with Crippen molar-refractivity contribution in [3.63, 3.8) is 0 Å². The molecule has 0 spiro atoms. The van der Waals surface area contributed by atoms with Crippen LogP contribution < -0.4 is 59.1 Å². The van der Waals surface area contributed by atoms with Gasteiger partial charge in [0.2, 0.25) is 0 Å². The van der Waals surface area contributed by atoms with Gasteiger partial charge in [0.25, 0.3) is 0 Å². The predicted molar refractivity (Wildman–Crippen MR) is 18.3 cm³/mol. The number of rotatable bonds is 0. The first-order chi connectivity index (χ1) is 1.00. The molecular weight excluding hydrogens is 126 g/mol. The van der Waals surface area contributed by atoms with Crippen molar-refractivity contribution in [2.45, 2.75) is 0 Å². The summed E-state index contributed by atoms with van der Waals surface area (Å²) < 4.78 is 0. The van der Waals surface area contributed by atoms with Crippen molar-refractivity contribution in [3.8, 4) is 0 Å². The van der Waals surface area contributed by atoms with Crippen molar-refractivity contribution in [1.82, 2.24) is 0 Å². The molecule has 0 saturated carbocycles. The summed E-state index contributed by atoms with van der Waals surface area (Å²) in [7, 11) is 0. The van der Waals surface area contributed by atoms with Crippen molar-refractivity contribution in [2.75, 3.05) is 0 Å². The molecule has 0 rings (SSSR count). The minimum Gasteiger partial charge on any atom is -1.00 e. The Labute approximate surface area is 86.4 Å². The van der Waals surface area contributed by atoms with Crippen LogP contribution in [0.2, 0.25) is 0 Å². The van der Waals surface area contributed by atoms with Gasteiger partial charge in [0.1, 0.15) is 0 Å². The molecule has 1 nitrogen and oxygen atoms in total. The molecule has 0 saturated heterocycles. The molecule has 2 N–H and O–H groups in total. The van der Waals surface area contributed by atoms with Crippen molar-refractivity contribution in [1.29, 1.82) is 0 Å². The minimum absolute atomic E-state index is 0. The van der Waals surface area contributed by atoms with Gasteiger partial charge in [-0.25, -0.2) is 0 Å². The van der Waals surface area contributed by atoms with Crippen LogP contribution >= 0.6 is 0 Å². The molecule has 0 amide bonds. The molecule has 5 heteroatoms. The molecule has 0 bridgehead atoms. The Balaban J connectivity index is -0.00000000167. The van der Waals surface area contributed by atoms with E-state index < -0.39 is 0 Å². The third kappa shape index (κ3) is 20.4. The summed E-state index contributed by atoms with van der Waals surface area (Å²) in [6.45, 7) is 0. The van der Waals surface area contributed by atoms with E-state index in [4.69, 9.17) is 0 Å². The molecule has 0 aliphatic carbocycles. The van der Waals surface area contributed by atoms with E-state index in [2.05, 4.69) is 23.3 Å². The maximum absolute atomic E-state index is 3.67. The molecule has 0 aliphatic heterocycles. The van der Waals surface area contributed by atoms with E-state index >= 15 is 0 Å². The Bertz CT molecular complexity index is 7.61. The van der Waals surface area contributed by atoms with E-state index in [-0.39, 0.29) is 64.6 Å². The van der Waals surface area contributed by atoms with Gasteiger partial charge in [-0.2, -0.15) is 0 Å². The van der Waals surface area contributed by atoms with Crippen LogP contribution in [0, 0.1) is 0 Å². The van der Waals surface area contributed by atoms with E-state index in [1.54, 1.807) is 0 Å². The molecule has 0 aromatic rings. The molecule has 0 fully saturated rings. The van der Waals surface area contributed by atoms with Crippen LogP contribution in [0.4, 0.5) is 0 Å². The molecule has 0 atom stereocenters. The average Bonchev–Trinajstić information content (AvgIpc) is 1.00. The zero-order valence-corrected chi connectivity index (χ0v) is 8.95. The second-order valence-corrected chi connectivity index (χ2v) is 0. The molecule has 0 aromatic heterocycles. The Hall–Kier alpha value is 2.66. The Morgan fingerprint density at radius 3 is 0.800 bits per heavy atom. The van der Waals surface area contributed by atoms with Crippen molar-refractivity contribution >= 4 is 23.3 Å². The van der Waals surface area contributed by atoms with Crippen LogP contribution in [0.3, 0.4) is 0 Å². The van der Waals surface area contributed by atoms with E-state index in [0.29, 0.717) is 0 Å². The summed E-state index contributed by atoms with van der Waals surface area (Å²) in [6, 6.07) is 0. The Morgan fingerprint density at radius 2 is 0.800 bits per heavy atom.